The summed E-state index contributed by atoms with van der Waals surface area (Å²) in [6, 6.07) is 0. The molecule has 2 nitrogen and oxygen atoms in total. The van der Waals surface area contributed by atoms with E-state index in [1.54, 1.807) is 19.9 Å². The molecule has 2 heteroatoms. The minimum atomic E-state index is -0.464. The van der Waals surface area contributed by atoms with Gasteiger partial charge >= 0.3 is 0 Å². The van der Waals surface area contributed by atoms with Crippen molar-refractivity contribution in [1.82, 2.24) is 0 Å². The summed E-state index contributed by atoms with van der Waals surface area (Å²) in [5.41, 5.74) is 0.982. The molecule has 0 saturated heterocycles. The topological polar surface area (TPSA) is 40.5 Å². The van der Waals surface area contributed by atoms with E-state index in [4.69, 9.17) is 0 Å². The van der Waals surface area contributed by atoms with Crippen molar-refractivity contribution in [3.8, 4) is 0 Å². The zero-order valence-corrected chi connectivity index (χ0v) is 17.9. The SMILES string of the molecule is CCCCCCCC/C=C\CCCCCCCC/C(=C/C(C)O)C(C)O. The highest BCUT2D eigenvalue weighted by atomic mass is 16.3. The van der Waals surface area contributed by atoms with E-state index in [-0.39, 0.29) is 0 Å². The first-order valence-electron chi connectivity index (χ1n) is 11.3. The molecule has 0 spiro atoms. The Balaban J connectivity index is 3.39. The lowest BCUT2D eigenvalue weighted by Gasteiger charge is -2.12. The molecule has 0 aliphatic carbocycles. The Morgan fingerprint density at radius 2 is 1.15 bits per heavy atom. The van der Waals surface area contributed by atoms with Crippen LogP contribution in [0.25, 0.3) is 0 Å². The largest absolute Gasteiger partial charge is 0.389 e. The molecule has 0 rings (SSSR count). The van der Waals surface area contributed by atoms with Crippen LogP contribution in [0, 0.1) is 0 Å². The number of unbranched alkanes of at least 4 members (excludes halogenated alkanes) is 12. The van der Waals surface area contributed by atoms with Gasteiger partial charge in [-0.3, -0.25) is 0 Å². The van der Waals surface area contributed by atoms with Crippen LogP contribution < -0.4 is 0 Å². The summed E-state index contributed by atoms with van der Waals surface area (Å²) in [7, 11) is 0. The lowest BCUT2D eigenvalue weighted by molar-refractivity contribution is 0.213. The molecule has 0 aromatic rings. The van der Waals surface area contributed by atoms with Gasteiger partial charge in [-0.2, -0.15) is 0 Å². The van der Waals surface area contributed by atoms with E-state index in [0.29, 0.717) is 0 Å². The Hall–Kier alpha value is -0.600. The molecule has 154 valence electrons. The van der Waals surface area contributed by atoms with Gasteiger partial charge < -0.3 is 10.2 Å². The molecule has 0 heterocycles. The Morgan fingerprint density at radius 1 is 0.692 bits per heavy atom. The molecule has 2 N–H and O–H groups in total. The van der Waals surface area contributed by atoms with Crippen LogP contribution in [0.4, 0.5) is 0 Å². The van der Waals surface area contributed by atoms with Gasteiger partial charge in [-0.1, -0.05) is 82.9 Å². The number of rotatable bonds is 18. The summed E-state index contributed by atoms with van der Waals surface area (Å²) in [4.78, 5) is 0. The second-order valence-electron chi connectivity index (χ2n) is 7.85. The predicted octanol–water partition coefficient (Wildman–Crippen LogP) is 7.10. The summed E-state index contributed by atoms with van der Waals surface area (Å²) >= 11 is 0. The summed E-state index contributed by atoms with van der Waals surface area (Å²) < 4.78 is 0. The molecule has 0 aliphatic heterocycles. The Bertz CT molecular complexity index is 342. The summed E-state index contributed by atoms with van der Waals surface area (Å²) in [5, 5.41) is 19.1. The van der Waals surface area contributed by atoms with Gasteiger partial charge in [0.1, 0.15) is 0 Å². The molecule has 0 radical (unpaired) electrons. The number of allylic oxidation sites excluding steroid dienone is 2. The zero-order chi connectivity index (χ0) is 19.5. The molecule has 0 aliphatic rings. The highest BCUT2D eigenvalue weighted by Crippen LogP contribution is 2.16. The normalized spacial score (nSPS) is 14.9. The van der Waals surface area contributed by atoms with Crippen LogP contribution in [0.2, 0.25) is 0 Å². The molecule has 2 unspecified atom stereocenters. The number of hydrogen-bond donors (Lipinski definition) is 2. The van der Waals surface area contributed by atoms with Gasteiger partial charge in [0, 0.05) is 0 Å². The van der Waals surface area contributed by atoms with Crippen LogP contribution >= 0.6 is 0 Å². The molecule has 26 heavy (non-hydrogen) atoms. The third kappa shape index (κ3) is 18.2. The molecule has 0 aromatic heterocycles. The maximum Gasteiger partial charge on any atom is 0.0722 e. The van der Waals surface area contributed by atoms with Gasteiger partial charge in [-0.05, 0) is 57.9 Å². The van der Waals surface area contributed by atoms with Gasteiger partial charge in [-0.15, -0.1) is 0 Å². The lowest BCUT2D eigenvalue weighted by atomic mass is 10.0. The smallest absolute Gasteiger partial charge is 0.0722 e. The van der Waals surface area contributed by atoms with Crippen molar-refractivity contribution >= 4 is 0 Å². The van der Waals surface area contributed by atoms with Crippen molar-refractivity contribution in [2.24, 2.45) is 0 Å². The van der Waals surface area contributed by atoms with Crippen LogP contribution in [0.3, 0.4) is 0 Å². The Labute approximate surface area is 163 Å². The van der Waals surface area contributed by atoms with E-state index in [0.717, 1.165) is 18.4 Å². The molecule has 2 atom stereocenters. The minimum absolute atomic E-state index is 0.437. The van der Waals surface area contributed by atoms with Crippen molar-refractivity contribution in [2.45, 2.75) is 129 Å². The maximum atomic E-state index is 9.70. The minimum Gasteiger partial charge on any atom is -0.389 e. The van der Waals surface area contributed by atoms with Crippen molar-refractivity contribution in [2.75, 3.05) is 0 Å². The third-order valence-corrected chi connectivity index (χ3v) is 4.97. The standard InChI is InChI=1S/C24H46O2/c1-4-5-6-7-8-9-10-11-12-13-14-15-16-17-18-19-20-24(23(3)26)21-22(2)25/h11-12,21-23,25-26H,4-10,13-20H2,1-3H3/b12-11-,24-21-. The van der Waals surface area contributed by atoms with Crippen LogP contribution in [0.15, 0.2) is 23.8 Å². The summed E-state index contributed by atoms with van der Waals surface area (Å²) in [6.07, 6.45) is 24.9. The zero-order valence-electron chi connectivity index (χ0n) is 17.9. The van der Waals surface area contributed by atoms with Crippen molar-refractivity contribution < 1.29 is 10.2 Å². The van der Waals surface area contributed by atoms with E-state index < -0.39 is 12.2 Å². The fourth-order valence-corrected chi connectivity index (χ4v) is 3.32. The number of aliphatic hydroxyl groups is 2. The first kappa shape index (κ1) is 25.4. The molecule has 0 saturated carbocycles. The summed E-state index contributed by atoms with van der Waals surface area (Å²) in [5.74, 6) is 0. The van der Waals surface area contributed by atoms with Gasteiger partial charge in [0.15, 0.2) is 0 Å². The fraction of sp³-hybridized carbons (Fsp3) is 0.833. The maximum absolute atomic E-state index is 9.70. The predicted molar refractivity (Wildman–Crippen MR) is 116 cm³/mol. The highest BCUT2D eigenvalue weighted by molar-refractivity contribution is 5.08. The average molecular weight is 367 g/mol. The van der Waals surface area contributed by atoms with Gasteiger partial charge in [-0.25, -0.2) is 0 Å². The van der Waals surface area contributed by atoms with Crippen LogP contribution in [-0.4, -0.2) is 22.4 Å². The van der Waals surface area contributed by atoms with Crippen LogP contribution in [-0.2, 0) is 0 Å². The number of aliphatic hydroxyl groups excluding tert-OH is 2. The van der Waals surface area contributed by atoms with E-state index in [9.17, 15) is 10.2 Å². The fourth-order valence-electron chi connectivity index (χ4n) is 3.32. The van der Waals surface area contributed by atoms with Crippen LogP contribution in [0.1, 0.15) is 117 Å². The molecule has 0 aromatic carbocycles. The quantitative estimate of drug-likeness (QED) is 0.200. The molecule has 0 bridgehead atoms. The first-order valence-corrected chi connectivity index (χ1v) is 11.3. The van der Waals surface area contributed by atoms with Crippen LogP contribution in [0.5, 0.6) is 0 Å². The first-order chi connectivity index (χ1) is 12.6. The molecular formula is C24H46O2. The van der Waals surface area contributed by atoms with Gasteiger partial charge in [0.05, 0.1) is 12.2 Å². The number of hydrogen-bond acceptors (Lipinski definition) is 2. The van der Waals surface area contributed by atoms with Gasteiger partial charge in [0.25, 0.3) is 0 Å². The second-order valence-corrected chi connectivity index (χ2v) is 7.85. The monoisotopic (exact) mass is 366 g/mol. The Morgan fingerprint density at radius 3 is 1.62 bits per heavy atom. The molecular weight excluding hydrogens is 320 g/mol. The highest BCUT2D eigenvalue weighted by Gasteiger charge is 2.06. The van der Waals surface area contributed by atoms with Crippen molar-refractivity contribution in [1.29, 1.82) is 0 Å². The second kappa shape index (κ2) is 19.2. The van der Waals surface area contributed by atoms with Crippen molar-refractivity contribution in [3.05, 3.63) is 23.8 Å². The van der Waals surface area contributed by atoms with E-state index in [1.165, 1.54) is 83.5 Å². The molecule has 0 amide bonds. The Kier molecular flexibility index (Phi) is 18.7. The van der Waals surface area contributed by atoms with E-state index in [2.05, 4.69) is 19.1 Å². The third-order valence-electron chi connectivity index (χ3n) is 4.97. The van der Waals surface area contributed by atoms with E-state index >= 15 is 0 Å². The molecule has 0 fully saturated rings. The summed E-state index contributed by atoms with van der Waals surface area (Å²) in [6.45, 7) is 5.80. The van der Waals surface area contributed by atoms with Crippen molar-refractivity contribution in [3.63, 3.8) is 0 Å². The average Bonchev–Trinajstić information content (AvgIpc) is 2.59. The van der Waals surface area contributed by atoms with Gasteiger partial charge in [0.2, 0.25) is 0 Å². The van der Waals surface area contributed by atoms with E-state index in [1.807, 2.05) is 0 Å². The lowest BCUT2D eigenvalue weighted by Crippen LogP contribution is -2.08.